The molecule has 2 aromatic rings. The molecule has 0 unspecified atom stereocenters. The van der Waals surface area contributed by atoms with Crippen LogP contribution in [0.5, 0.6) is 0 Å². The van der Waals surface area contributed by atoms with Gasteiger partial charge >= 0.3 is 0 Å². The summed E-state index contributed by atoms with van der Waals surface area (Å²) >= 11 is 0. The van der Waals surface area contributed by atoms with Crippen LogP contribution in [0, 0.1) is 11.3 Å². The van der Waals surface area contributed by atoms with E-state index in [9.17, 15) is 4.79 Å². The van der Waals surface area contributed by atoms with Gasteiger partial charge in [0.1, 0.15) is 11.8 Å². The van der Waals surface area contributed by atoms with Gasteiger partial charge in [-0.15, -0.1) is 0 Å². The predicted octanol–water partition coefficient (Wildman–Crippen LogP) is 1.89. The summed E-state index contributed by atoms with van der Waals surface area (Å²) in [6.45, 7) is 0.242. The fourth-order valence-electron chi connectivity index (χ4n) is 1.74. The summed E-state index contributed by atoms with van der Waals surface area (Å²) < 4.78 is 5.31. The van der Waals surface area contributed by atoms with Gasteiger partial charge in [-0.25, -0.2) is 0 Å². The van der Waals surface area contributed by atoms with E-state index < -0.39 is 0 Å². The van der Waals surface area contributed by atoms with Gasteiger partial charge in [-0.05, 0) is 24.3 Å². The molecule has 0 radical (unpaired) electrons. The van der Waals surface area contributed by atoms with Crippen molar-refractivity contribution in [1.29, 1.82) is 5.26 Å². The first-order valence-electron chi connectivity index (χ1n) is 5.73. The lowest BCUT2D eigenvalue weighted by Crippen LogP contribution is -2.26. The van der Waals surface area contributed by atoms with Crippen LogP contribution in [-0.4, -0.2) is 13.0 Å². The Hall–Kier alpha value is -2.58. The Morgan fingerprint density at radius 2 is 2.11 bits per heavy atom. The zero-order chi connectivity index (χ0) is 13.8. The van der Waals surface area contributed by atoms with Gasteiger partial charge < -0.3 is 15.1 Å². The number of furan rings is 1. The number of nitriles is 1. The van der Waals surface area contributed by atoms with Crippen molar-refractivity contribution >= 4 is 11.6 Å². The fourth-order valence-corrected chi connectivity index (χ4v) is 1.74. The summed E-state index contributed by atoms with van der Waals surface area (Å²) in [5.41, 5.74) is 6.41. The summed E-state index contributed by atoms with van der Waals surface area (Å²) in [5, 5.41) is 9.03. The Labute approximate surface area is 110 Å². The average Bonchev–Trinajstić information content (AvgIpc) is 2.94. The normalized spacial score (nSPS) is 9.95. The van der Waals surface area contributed by atoms with Crippen LogP contribution in [0.1, 0.15) is 21.9 Å². The molecule has 0 saturated carbocycles. The van der Waals surface area contributed by atoms with E-state index in [0.717, 1.165) is 0 Å². The molecule has 0 aliphatic rings. The highest BCUT2D eigenvalue weighted by atomic mass is 16.4. The molecule has 0 spiro atoms. The first-order valence-corrected chi connectivity index (χ1v) is 5.73. The minimum Gasteiger partial charge on any atom is -0.455 e. The first-order chi connectivity index (χ1) is 9.17. The summed E-state index contributed by atoms with van der Waals surface area (Å²) in [6.07, 6.45) is 0. The van der Waals surface area contributed by atoms with Gasteiger partial charge in [0, 0.05) is 7.05 Å². The second-order valence-electron chi connectivity index (χ2n) is 3.96. The van der Waals surface area contributed by atoms with Gasteiger partial charge in [0.15, 0.2) is 5.76 Å². The molecule has 1 heterocycles. The molecular formula is C14H13N3O2. The Bertz CT molecular complexity index is 640. The van der Waals surface area contributed by atoms with Crippen LogP contribution in [0.3, 0.4) is 0 Å². The number of rotatable bonds is 3. The molecular weight excluding hydrogens is 242 g/mol. The van der Waals surface area contributed by atoms with Gasteiger partial charge in [0.2, 0.25) is 0 Å². The van der Waals surface area contributed by atoms with Crippen LogP contribution in [0.4, 0.5) is 5.69 Å². The number of para-hydroxylation sites is 1. The highest BCUT2D eigenvalue weighted by molar-refractivity contribution is 6.04. The van der Waals surface area contributed by atoms with E-state index in [1.54, 1.807) is 43.4 Å². The van der Waals surface area contributed by atoms with Crippen LogP contribution < -0.4 is 10.6 Å². The molecule has 5 heteroatoms. The molecule has 0 aliphatic heterocycles. The highest BCUT2D eigenvalue weighted by Gasteiger charge is 2.19. The van der Waals surface area contributed by atoms with Crippen molar-refractivity contribution < 1.29 is 9.21 Å². The molecule has 5 nitrogen and oxygen atoms in total. The lowest BCUT2D eigenvalue weighted by atomic mass is 10.2. The van der Waals surface area contributed by atoms with E-state index in [-0.39, 0.29) is 18.2 Å². The lowest BCUT2D eigenvalue weighted by molar-refractivity contribution is 0.0965. The number of anilines is 1. The summed E-state index contributed by atoms with van der Waals surface area (Å²) in [5.74, 6) is 0.434. The zero-order valence-corrected chi connectivity index (χ0v) is 10.5. The quantitative estimate of drug-likeness (QED) is 0.907. The van der Waals surface area contributed by atoms with Crippen molar-refractivity contribution in [2.75, 3.05) is 11.9 Å². The molecule has 0 bridgehead atoms. The van der Waals surface area contributed by atoms with E-state index in [2.05, 4.69) is 6.07 Å². The zero-order valence-electron chi connectivity index (χ0n) is 10.5. The number of hydrogen-bond donors (Lipinski definition) is 1. The number of carbonyl (C=O) groups is 1. The Morgan fingerprint density at radius 3 is 2.74 bits per heavy atom. The minimum absolute atomic E-state index is 0.204. The Kier molecular flexibility index (Phi) is 3.64. The van der Waals surface area contributed by atoms with Crippen LogP contribution in [0.2, 0.25) is 0 Å². The van der Waals surface area contributed by atoms with Crippen molar-refractivity contribution in [1.82, 2.24) is 0 Å². The van der Waals surface area contributed by atoms with Crippen LogP contribution in [0.25, 0.3) is 0 Å². The van der Waals surface area contributed by atoms with Crippen molar-refractivity contribution in [3.8, 4) is 6.07 Å². The maximum atomic E-state index is 12.2. The molecule has 1 amide bonds. The molecule has 0 fully saturated rings. The second kappa shape index (κ2) is 5.38. The third-order valence-corrected chi connectivity index (χ3v) is 2.76. The largest absolute Gasteiger partial charge is 0.455 e. The molecule has 2 N–H and O–H groups in total. The van der Waals surface area contributed by atoms with Gasteiger partial charge in [-0.2, -0.15) is 5.26 Å². The molecule has 0 saturated heterocycles. The average molecular weight is 255 g/mol. The van der Waals surface area contributed by atoms with E-state index in [1.165, 1.54) is 4.90 Å². The predicted molar refractivity (Wildman–Crippen MR) is 70.5 cm³/mol. The molecule has 0 atom stereocenters. The highest BCUT2D eigenvalue weighted by Crippen LogP contribution is 2.20. The number of nitrogens with zero attached hydrogens (tertiary/aromatic N) is 2. The molecule has 1 aromatic heterocycles. The van der Waals surface area contributed by atoms with Crippen molar-refractivity contribution in [3.63, 3.8) is 0 Å². The fraction of sp³-hybridized carbons (Fsp3) is 0.143. The number of amides is 1. The van der Waals surface area contributed by atoms with Gasteiger partial charge in [-0.3, -0.25) is 4.79 Å². The number of hydrogen-bond acceptors (Lipinski definition) is 4. The number of nitrogens with two attached hydrogens (primary N) is 1. The molecule has 0 aliphatic carbocycles. The van der Waals surface area contributed by atoms with E-state index in [1.807, 2.05) is 0 Å². The smallest absolute Gasteiger partial charge is 0.293 e. The third-order valence-electron chi connectivity index (χ3n) is 2.76. The standard InChI is InChI=1S/C14H13N3O2/c1-17(12-5-3-2-4-10(12)8-15)14(18)13-7-6-11(9-16)19-13/h2-7H,9,16H2,1H3. The van der Waals surface area contributed by atoms with E-state index >= 15 is 0 Å². The van der Waals surface area contributed by atoms with Crippen molar-refractivity contribution in [2.24, 2.45) is 5.73 Å². The third kappa shape index (κ3) is 2.49. The second-order valence-corrected chi connectivity index (χ2v) is 3.96. The Morgan fingerprint density at radius 1 is 1.37 bits per heavy atom. The van der Waals surface area contributed by atoms with Gasteiger partial charge in [0.25, 0.3) is 5.91 Å². The molecule has 19 heavy (non-hydrogen) atoms. The maximum Gasteiger partial charge on any atom is 0.293 e. The summed E-state index contributed by atoms with van der Waals surface area (Å²) in [6, 6.07) is 12.2. The first kappa shape index (κ1) is 12.9. The minimum atomic E-state index is -0.317. The van der Waals surface area contributed by atoms with Gasteiger partial charge in [-0.1, -0.05) is 12.1 Å². The molecule has 1 aromatic carbocycles. The van der Waals surface area contributed by atoms with Gasteiger partial charge in [0.05, 0.1) is 17.8 Å². The topological polar surface area (TPSA) is 83.3 Å². The lowest BCUT2D eigenvalue weighted by Gasteiger charge is -2.17. The van der Waals surface area contributed by atoms with E-state index in [4.69, 9.17) is 15.4 Å². The van der Waals surface area contributed by atoms with E-state index in [0.29, 0.717) is 17.0 Å². The summed E-state index contributed by atoms with van der Waals surface area (Å²) in [4.78, 5) is 13.6. The monoisotopic (exact) mass is 255 g/mol. The maximum absolute atomic E-state index is 12.2. The summed E-state index contributed by atoms with van der Waals surface area (Å²) in [7, 11) is 1.60. The van der Waals surface area contributed by atoms with Crippen molar-refractivity contribution in [3.05, 3.63) is 53.5 Å². The van der Waals surface area contributed by atoms with Crippen LogP contribution >= 0.6 is 0 Å². The van der Waals surface area contributed by atoms with Crippen LogP contribution in [-0.2, 0) is 6.54 Å². The number of carbonyl (C=O) groups excluding carboxylic acids is 1. The number of benzene rings is 1. The molecule has 2 rings (SSSR count). The van der Waals surface area contributed by atoms with Crippen molar-refractivity contribution in [2.45, 2.75) is 6.54 Å². The molecule has 96 valence electrons. The van der Waals surface area contributed by atoms with Crippen LogP contribution in [0.15, 0.2) is 40.8 Å². The SMILES string of the molecule is CN(C(=O)c1ccc(CN)o1)c1ccccc1C#N. The Balaban J connectivity index is 2.31.